The molecule has 0 aliphatic carbocycles. The maximum Gasteiger partial charge on any atom is 0.255 e. The molecule has 1 aliphatic rings. The predicted molar refractivity (Wildman–Crippen MR) is 83.2 cm³/mol. The summed E-state index contributed by atoms with van der Waals surface area (Å²) in [7, 11) is 0. The first-order valence-corrected chi connectivity index (χ1v) is 7.27. The number of rotatable bonds is 3. The Kier molecular flexibility index (Phi) is 4.14. The zero-order chi connectivity index (χ0) is 15.4. The van der Waals surface area contributed by atoms with Crippen molar-refractivity contribution in [1.82, 2.24) is 14.8 Å². The van der Waals surface area contributed by atoms with Gasteiger partial charge in [0.05, 0.1) is 5.56 Å². The van der Waals surface area contributed by atoms with Crippen LogP contribution >= 0.6 is 0 Å². The van der Waals surface area contributed by atoms with E-state index >= 15 is 0 Å². The van der Waals surface area contributed by atoms with Gasteiger partial charge in [-0.15, -0.1) is 0 Å². The number of amides is 2. The quantitative estimate of drug-likeness (QED) is 0.809. The zero-order valence-electron chi connectivity index (χ0n) is 12.2. The van der Waals surface area contributed by atoms with Crippen molar-refractivity contribution in [3.05, 3.63) is 54.4 Å². The Morgan fingerprint density at radius 1 is 1.00 bits per heavy atom. The molecule has 0 bridgehead atoms. The molecule has 1 aromatic heterocycles. The van der Waals surface area contributed by atoms with Gasteiger partial charge in [-0.1, -0.05) is 30.3 Å². The molecule has 2 heterocycles. The molecule has 22 heavy (non-hydrogen) atoms. The van der Waals surface area contributed by atoms with E-state index in [1.807, 2.05) is 36.4 Å². The summed E-state index contributed by atoms with van der Waals surface area (Å²) in [5, 5.41) is 0. The van der Waals surface area contributed by atoms with Crippen molar-refractivity contribution in [3.63, 3.8) is 0 Å². The van der Waals surface area contributed by atoms with Crippen LogP contribution in [0.15, 0.2) is 48.8 Å². The van der Waals surface area contributed by atoms with Gasteiger partial charge >= 0.3 is 0 Å². The minimum absolute atomic E-state index is 0.0316. The first-order chi connectivity index (χ1) is 10.8. The average Bonchev–Trinajstić information content (AvgIpc) is 2.62. The molecule has 5 heteroatoms. The molecule has 112 valence electrons. The number of hydrogen-bond donors (Lipinski definition) is 0. The van der Waals surface area contributed by atoms with E-state index < -0.39 is 0 Å². The van der Waals surface area contributed by atoms with Gasteiger partial charge in [-0.05, 0) is 11.6 Å². The van der Waals surface area contributed by atoms with E-state index in [1.54, 1.807) is 22.2 Å². The number of hydrogen-bond acceptors (Lipinski definition) is 3. The van der Waals surface area contributed by atoms with Gasteiger partial charge < -0.3 is 9.80 Å². The lowest BCUT2D eigenvalue weighted by molar-refractivity contribution is -0.119. The van der Waals surface area contributed by atoms with Crippen molar-refractivity contribution in [2.24, 2.45) is 0 Å². The molecule has 2 aromatic rings. The van der Waals surface area contributed by atoms with Crippen molar-refractivity contribution in [1.29, 1.82) is 0 Å². The smallest absolute Gasteiger partial charge is 0.255 e. The third-order valence-corrected chi connectivity index (χ3v) is 3.84. The van der Waals surface area contributed by atoms with Crippen molar-refractivity contribution in [3.8, 4) is 11.1 Å². The second-order valence-corrected chi connectivity index (χ2v) is 5.26. The molecular formula is C17H17N3O2. The number of nitrogens with zero attached hydrogens (tertiary/aromatic N) is 3. The fourth-order valence-electron chi connectivity index (χ4n) is 2.56. The van der Waals surface area contributed by atoms with Crippen LogP contribution in [0.1, 0.15) is 10.4 Å². The molecule has 0 unspecified atom stereocenters. The Balaban J connectivity index is 1.78. The summed E-state index contributed by atoms with van der Waals surface area (Å²) >= 11 is 0. The van der Waals surface area contributed by atoms with Crippen LogP contribution in [0.5, 0.6) is 0 Å². The average molecular weight is 295 g/mol. The Hall–Kier alpha value is -2.69. The van der Waals surface area contributed by atoms with Crippen LogP contribution in [0.4, 0.5) is 0 Å². The fraction of sp³-hybridized carbons (Fsp3) is 0.235. The van der Waals surface area contributed by atoms with Crippen LogP contribution in [-0.2, 0) is 4.79 Å². The van der Waals surface area contributed by atoms with E-state index in [-0.39, 0.29) is 5.91 Å². The van der Waals surface area contributed by atoms with Crippen LogP contribution in [-0.4, -0.2) is 53.3 Å². The van der Waals surface area contributed by atoms with Crippen LogP contribution < -0.4 is 0 Å². The van der Waals surface area contributed by atoms with Gasteiger partial charge in [0.2, 0.25) is 6.41 Å². The van der Waals surface area contributed by atoms with Gasteiger partial charge in [0, 0.05) is 44.1 Å². The molecule has 1 saturated heterocycles. The molecule has 0 N–H and O–H groups in total. The number of pyridine rings is 1. The van der Waals surface area contributed by atoms with Gasteiger partial charge in [-0.2, -0.15) is 0 Å². The molecule has 5 nitrogen and oxygen atoms in total. The maximum absolute atomic E-state index is 12.6. The second-order valence-electron chi connectivity index (χ2n) is 5.26. The summed E-state index contributed by atoms with van der Waals surface area (Å²) in [6, 6.07) is 11.7. The lowest BCUT2D eigenvalue weighted by Crippen LogP contribution is -2.48. The van der Waals surface area contributed by atoms with Crippen molar-refractivity contribution < 1.29 is 9.59 Å². The highest BCUT2D eigenvalue weighted by Crippen LogP contribution is 2.19. The van der Waals surface area contributed by atoms with Gasteiger partial charge in [0.25, 0.3) is 5.91 Å². The monoisotopic (exact) mass is 295 g/mol. The number of aromatic nitrogens is 1. The lowest BCUT2D eigenvalue weighted by Gasteiger charge is -2.32. The van der Waals surface area contributed by atoms with Crippen LogP contribution in [0.25, 0.3) is 11.1 Å². The highest BCUT2D eigenvalue weighted by Gasteiger charge is 2.21. The largest absolute Gasteiger partial charge is 0.342 e. The molecule has 1 aromatic carbocycles. The van der Waals surface area contributed by atoms with Gasteiger partial charge in [0.1, 0.15) is 0 Å². The molecule has 1 fully saturated rings. The Morgan fingerprint density at radius 2 is 1.73 bits per heavy atom. The third-order valence-electron chi connectivity index (χ3n) is 3.84. The van der Waals surface area contributed by atoms with Crippen molar-refractivity contribution in [2.45, 2.75) is 0 Å². The van der Waals surface area contributed by atoms with Crippen molar-refractivity contribution in [2.75, 3.05) is 26.2 Å². The molecule has 1 aliphatic heterocycles. The predicted octanol–water partition coefficient (Wildman–Crippen LogP) is 1.66. The molecule has 0 saturated carbocycles. The summed E-state index contributed by atoms with van der Waals surface area (Å²) in [6.07, 6.45) is 4.19. The highest BCUT2D eigenvalue weighted by atomic mass is 16.2. The summed E-state index contributed by atoms with van der Waals surface area (Å²) < 4.78 is 0. The normalized spacial score (nSPS) is 14.7. The first-order valence-electron chi connectivity index (χ1n) is 7.27. The van der Waals surface area contributed by atoms with E-state index in [4.69, 9.17) is 0 Å². The number of piperazine rings is 1. The molecule has 0 spiro atoms. The van der Waals surface area contributed by atoms with E-state index in [9.17, 15) is 9.59 Å². The molecule has 0 radical (unpaired) electrons. The van der Waals surface area contributed by atoms with Gasteiger partial charge in [-0.3, -0.25) is 14.6 Å². The third kappa shape index (κ3) is 2.98. The van der Waals surface area contributed by atoms with Crippen LogP contribution in [0.3, 0.4) is 0 Å². The van der Waals surface area contributed by atoms with Crippen LogP contribution in [0, 0.1) is 0 Å². The second kappa shape index (κ2) is 6.39. The Labute approximate surface area is 129 Å². The summed E-state index contributed by atoms with van der Waals surface area (Å²) in [4.78, 5) is 30.9. The number of carbonyl (C=O) groups excluding carboxylic acids is 2. The van der Waals surface area contributed by atoms with E-state index in [0.717, 1.165) is 17.5 Å². The highest BCUT2D eigenvalue weighted by molar-refractivity contribution is 5.95. The van der Waals surface area contributed by atoms with E-state index in [2.05, 4.69) is 4.98 Å². The standard InChI is InChI=1S/C17H17N3O2/c21-13-19-6-8-20(9-7-19)17(22)16-10-15(11-18-12-16)14-4-2-1-3-5-14/h1-5,10-13H,6-9H2. The maximum atomic E-state index is 12.6. The minimum Gasteiger partial charge on any atom is -0.342 e. The molecular weight excluding hydrogens is 278 g/mol. The number of benzene rings is 1. The van der Waals surface area contributed by atoms with E-state index in [1.165, 1.54) is 0 Å². The lowest BCUT2D eigenvalue weighted by atomic mass is 10.1. The summed E-state index contributed by atoms with van der Waals surface area (Å²) in [5.74, 6) is -0.0316. The van der Waals surface area contributed by atoms with Crippen molar-refractivity contribution >= 4 is 12.3 Å². The minimum atomic E-state index is -0.0316. The SMILES string of the molecule is O=CN1CCN(C(=O)c2cncc(-c3ccccc3)c2)CC1. The molecule has 2 amide bonds. The Morgan fingerprint density at radius 3 is 2.41 bits per heavy atom. The van der Waals surface area contributed by atoms with Gasteiger partial charge in [0.15, 0.2) is 0 Å². The van der Waals surface area contributed by atoms with Gasteiger partial charge in [-0.25, -0.2) is 0 Å². The van der Waals surface area contributed by atoms with Crippen LogP contribution in [0.2, 0.25) is 0 Å². The van der Waals surface area contributed by atoms with E-state index in [0.29, 0.717) is 31.7 Å². The summed E-state index contributed by atoms with van der Waals surface area (Å²) in [6.45, 7) is 2.29. The zero-order valence-corrected chi connectivity index (χ0v) is 12.2. The molecule has 0 atom stereocenters. The fourth-order valence-corrected chi connectivity index (χ4v) is 2.56. The topological polar surface area (TPSA) is 53.5 Å². The molecule has 3 rings (SSSR count). The Bertz CT molecular complexity index is 665. The summed E-state index contributed by atoms with van der Waals surface area (Å²) in [5.41, 5.74) is 2.55. The number of carbonyl (C=O) groups is 2. The first kappa shape index (κ1) is 14.3.